The van der Waals surface area contributed by atoms with Gasteiger partial charge in [-0.3, -0.25) is 0 Å². The largest absolute Gasteiger partial charge is 0.388 e. The highest BCUT2D eigenvalue weighted by atomic mass is 16.3. The van der Waals surface area contributed by atoms with E-state index in [9.17, 15) is 0 Å². The van der Waals surface area contributed by atoms with Crippen molar-refractivity contribution in [2.24, 2.45) is 10.4 Å². The summed E-state index contributed by atoms with van der Waals surface area (Å²) >= 11 is 0. The van der Waals surface area contributed by atoms with Crippen LogP contribution < -0.4 is 5.32 Å². The van der Waals surface area contributed by atoms with Crippen molar-refractivity contribution in [3.05, 3.63) is 11.9 Å². The normalized spacial score (nSPS) is 17.5. The van der Waals surface area contributed by atoms with Crippen molar-refractivity contribution in [3.8, 4) is 0 Å². The highest BCUT2D eigenvalue weighted by Gasteiger charge is 2.21. The van der Waals surface area contributed by atoms with Gasteiger partial charge in [-0.2, -0.15) is 0 Å². The van der Waals surface area contributed by atoms with Crippen LogP contribution in [0.15, 0.2) is 16.9 Å². The summed E-state index contributed by atoms with van der Waals surface area (Å²) in [5.41, 5.74) is 0.960. The van der Waals surface area contributed by atoms with Crippen LogP contribution in [0.1, 0.15) is 20.8 Å². The van der Waals surface area contributed by atoms with E-state index in [4.69, 9.17) is 5.11 Å². The van der Waals surface area contributed by atoms with E-state index in [1.54, 1.807) is 6.20 Å². The first-order valence-corrected chi connectivity index (χ1v) is 3.64. The fourth-order valence-corrected chi connectivity index (χ4v) is 0.770. The molecular weight excluding hydrogens is 140 g/mol. The third-order valence-electron chi connectivity index (χ3n) is 1.50. The molecule has 0 bridgehead atoms. The minimum atomic E-state index is -0.0733. The van der Waals surface area contributed by atoms with E-state index in [1.165, 1.54) is 0 Å². The summed E-state index contributed by atoms with van der Waals surface area (Å²) in [7, 11) is 0. The second kappa shape index (κ2) is 2.66. The predicted molar refractivity (Wildman–Crippen MR) is 44.2 cm³/mol. The van der Waals surface area contributed by atoms with Gasteiger partial charge in [0.1, 0.15) is 6.61 Å². The first-order chi connectivity index (χ1) is 5.04. The molecule has 1 heterocycles. The number of rotatable bonds is 1. The zero-order valence-corrected chi connectivity index (χ0v) is 7.13. The summed E-state index contributed by atoms with van der Waals surface area (Å²) in [6, 6.07) is 0. The Hall–Kier alpha value is -0.830. The van der Waals surface area contributed by atoms with Crippen molar-refractivity contribution in [3.63, 3.8) is 0 Å². The number of hydrogen-bond donors (Lipinski definition) is 1. The summed E-state index contributed by atoms with van der Waals surface area (Å²) in [6.45, 7) is 6.13. The molecular formula is C8H13N2O. The van der Waals surface area contributed by atoms with Crippen molar-refractivity contribution in [2.75, 3.05) is 6.61 Å². The first-order valence-electron chi connectivity index (χ1n) is 3.64. The summed E-state index contributed by atoms with van der Waals surface area (Å²) in [4.78, 5) is 4.14. The number of amidine groups is 1. The van der Waals surface area contributed by atoms with Gasteiger partial charge >= 0.3 is 0 Å². The molecule has 0 unspecified atom stereocenters. The Bertz CT molecular complexity index is 211. The lowest BCUT2D eigenvalue weighted by Gasteiger charge is -2.15. The van der Waals surface area contributed by atoms with Gasteiger partial charge in [0.2, 0.25) is 0 Å². The van der Waals surface area contributed by atoms with Crippen LogP contribution in [0.4, 0.5) is 0 Å². The third-order valence-corrected chi connectivity index (χ3v) is 1.50. The van der Waals surface area contributed by atoms with Gasteiger partial charge in [-0.05, 0) is 0 Å². The summed E-state index contributed by atoms with van der Waals surface area (Å²) in [6.07, 6.45) is 1.71. The first kappa shape index (κ1) is 8.27. The molecule has 1 N–H and O–H groups in total. The summed E-state index contributed by atoms with van der Waals surface area (Å²) < 4.78 is 0. The second-order valence-corrected chi connectivity index (χ2v) is 3.58. The van der Waals surface area contributed by atoms with Crippen LogP contribution in [0, 0.1) is 5.41 Å². The third kappa shape index (κ3) is 1.80. The minimum absolute atomic E-state index is 0.0282. The summed E-state index contributed by atoms with van der Waals surface area (Å²) in [5, 5.41) is 12.6. The van der Waals surface area contributed by atoms with Crippen molar-refractivity contribution in [1.82, 2.24) is 5.32 Å². The Morgan fingerprint density at radius 1 is 1.45 bits per heavy atom. The van der Waals surface area contributed by atoms with E-state index in [0.717, 1.165) is 5.70 Å². The molecule has 0 saturated carbocycles. The minimum Gasteiger partial charge on any atom is -0.388 e. The molecule has 0 saturated heterocycles. The van der Waals surface area contributed by atoms with E-state index in [1.807, 2.05) is 0 Å². The van der Waals surface area contributed by atoms with Gasteiger partial charge in [-0.15, -0.1) is 0 Å². The van der Waals surface area contributed by atoms with Crippen LogP contribution in [0.25, 0.3) is 0 Å². The van der Waals surface area contributed by atoms with Crippen molar-refractivity contribution >= 4 is 5.84 Å². The quantitative estimate of drug-likeness (QED) is 0.597. The Morgan fingerprint density at radius 3 is 2.36 bits per heavy atom. The number of aliphatic hydroxyl groups excluding tert-OH is 1. The zero-order chi connectivity index (χ0) is 8.48. The number of aliphatic hydroxyl groups is 1. The van der Waals surface area contributed by atoms with Crippen molar-refractivity contribution < 1.29 is 5.11 Å². The highest BCUT2D eigenvalue weighted by Crippen LogP contribution is 2.27. The van der Waals surface area contributed by atoms with Crippen LogP contribution in [0.3, 0.4) is 0 Å². The summed E-state index contributed by atoms with van der Waals surface area (Å²) in [5.74, 6) is 0.509. The molecule has 1 radical (unpaired) electrons. The zero-order valence-electron chi connectivity index (χ0n) is 7.13. The van der Waals surface area contributed by atoms with Crippen molar-refractivity contribution in [2.45, 2.75) is 20.8 Å². The molecule has 0 amide bonds. The number of hydrogen-bond acceptors (Lipinski definition) is 2. The highest BCUT2D eigenvalue weighted by molar-refractivity contribution is 5.86. The molecule has 0 aliphatic carbocycles. The molecule has 1 aliphatic rings. The maximum atomic E-state index is 8.69. The smallest absolute Gasteiger partial charge is 0.154 e. The molecule has 11 heavy (non-hydrogen) atoms. The standard InChI is InChI=1S/C8H13N2O/c1-8(2,3)6-4-9-7(5-11)10-6/h4,11H,5H2,1-3H3. The average Bonchev–Trinajstić information content (AvgIpc) is 2.32. The number of nitrogens with zero attached hydrogens (tertiary/aromatic N) is 2. The SMILES string of the molecule is CC(C)(C)C1=C[N]C(CO)=N1. The van der Waals surface area contributed by atoms with Crippen LogP contribution in [0.2, 0.25) is 0 Å². The molecule has 0 aromatic carbocycles. The maximum absolute atomic E-state index is 8.69. The molecule has 0 aromatic heterocycles. The van der Waals surface area contributed by atoms with E-state index >= 15 is 0 Å². The molecule has 1 rings (SSSR count). The van der Waals surface area contributed by atoms with Gasteiger partial charge in [-0.25, -0.2) is 10.3 Å². The van der Waals surface area contributed by atoms with E-state index < -0.39 is 0 Å². The maximum Gasteiger partial charge on any atom is 0.154 e. The molecule has 0 atom stereocenters. The number of allylic oxidation sites excluding steroid dienone is 1. The molecule has 0 spiro atoms. The van der Waals surface area contributed by atoms with Crippen molar-refractivity contribution in [1.29, 1.82) is 0 Å². The van der Waals surface area contributed by atoms with Gasteiger partial charge in [0.15, 0.2) is 5.84 Å². The Kier molecular flexibility index (Phi) is 2.00. The van der Waals surface area contributed by atoms with Gasteiger partial charge in [0, 0.05) is 5.41 Å². The van der Waals surface area contributed by atoms with Crippen LogP contribution in [0.5, 0.6) is 0 Å². The van der Waals surface area contributed by atoms with Gasteiger partial charge in [0.25, 0.3) is 0 Å². The second-order valence-electron chi connectivity index (χ2n) is 3.58. The Balaban J connectivity index is 2.72. The lowest BCUT2D eigenvalue weighted by atomic mass is 9.93. The molecule has 0 aromatic rings. The fraction of sp³-hybridized carbons (Fsp3) is 0.625. The van der Waals surface area contributed by atoms with E-state index in [-0.39, 0.29) is 12.0 Å². The lowest BCUT2D eigenvalue weighted by molar-refractivity contribution is 0.354. The monoisotopic (exact) mass is 153 g/mol. The molecule has 3 nitrogen and oxygen atoms in total. The fourth-order valence-electron chi connectivity index (χ4n) is 0.770. The Morgan fingerprint density at radius 2 is 2.09 bits per heavy atom. The molecule has 0 fully saturated rings. The molecule has 3 heteroatoms. The van der Waals surface area contributed by atoms with Crippen LogP contribution in [-0.2, 0) is 0 Å². The van der Waals surface area contributed by atoms with Gasteiger partial charge in [0.05, 0.1) is 11.9 Å². The molecule has 61 valence electrons. The lowest BCUT2D eigenvalue weighted by Crippen LogP contribution is -2.10. The topological polar surface area (TPSA) is 46.7 Å². The average molecular weight is 153 g/mol. The van der Waals surface area contributed by atoms with Crippen LogP contribution >= 0.6 is 0 Å². The van der Waals surface area contributed by atoms with Gasteiger partial charge in [-0.1, -0.05) is 20.8 Å². The molecule has 1 aliphatic heterocycles. The number of aliphatic imine (C=N–C) groups is 1. The van der Waals surface area contributed by atoms with E-state index in [2.05, 4.69) is 31.1 Å². The Labute approximate surface area is 66.8 Å². The van der Waals surface area contributed by atoms with Crippen LogP contribution in [-0.4, -0.2) is 17.5 Å². The predicted octanol–water partition coefficient (Wildman–Crippen LogP) is 0.883. The van der Waals surface area contributed by atoms with E-state index in [0.29, 0.717) is 5.84 Å². The van der Waals surface area contributed by atoms with Gasteiger partial charge < -0.3 is 5.11 Å².